The average Bonchev–Trinajstić information content (AvgIpc) is 3.56. The maximum Gasteiger partial charge on any atom is 0.573 e. The Morgan fingerprint density at radius 3 is 2.47 bits per heavy atom. The number of halogens is 3. The number of thiazole rings is 1. The molecular weight excluding hydrogens is 583 g/mol. The zero-order valence-electron chi connectivity index (χ0n) is 23.8. The van der Waals surface area contributed by atoms with Gasteiger partial charge in [0.25, 0.3) is 5.91 Å². The number of nitrogens with zero attached hydrogens (tertiary/aromatic N) is 2. The van der Waals surface area contributed by atoms with Gasteiger partial charge in [0.1, 0.15) is 17.2 Å². The number of hydrogen-bond donors (Lipinski definition) is 1. The second-order valence-corrected chi connectivity index (χ2v) is 11.5. The summed E-state index contributed by atoms with van der Waals surface area (Å²) >= 11 is 1.45. The van der Waals surface area contributed by atoms with Crippen LogP contribution < -0.4 is 14.8 Å². The summed E-state index contributed by atoms with van der Waals surface area (Å²) in [5.74, 6) is 0.222. The van der Waals surface area contributed by atoms with Crippen molar-refractivity contribution in [3.63, 3.8) is 0 Å². The Bertz CT molecular complexity index is 1540. The van der Waals surface area contributed by atoms with Crippen LogP contribution in [0.4, 0.5) is 13.2 Å². The van der Waals surface area contributed by atoms with E-state index in [0.29, 0.717) is 41.1 Å². The molecule has 1 amide bonds. The van der Waals surface area contributed by atoms with Crippen LogP contribution in [0, 0.1) is 5.92 Å². The number of methoxy groups -OCH3 is 1. The molecule has 0 unspecified atom stereocenters. The lowest BCUT2D eigenvalue weighted by atomic mass is 9.77. The lowest BCUT2D eigenvalue weighted by molar-refractivity contribution is -0.274. The van der Waals surface area contributed by atoms with E-state index >= 15 is 0 Å². The third-order valence-corrected chi connectivity index (χ3v) is 8.63. The maximum absolute atomic E-state index is 12.8. The Labute approximate surface area is 250 Å². The van der Waals surface area contributed by atoms with Crippen molar-refractivity contribution in [2.75, 3.05) is 13.7 Å². The number of amides is 1. The van der Waals surface area contributed by atoms with E-state index in [2.05, 4.69) is 39.3 Å². The second-order valence-electron chi connectivity index (χ2n) is 10.5. The molecule has 8 nitrogen and oxygen atoms in total. The SMILES string of the molecule is CCOC(=O)CC1CCC(c2ccc(-c3cn4cc(C(=O)NCc5cc(OC(F)(F)F)ccc5OC)nc4s3)cc2)CC1. The lowest BCUT2D eigenvalue weighted by Gasteiger charge is -2.28. The third-order valence-electron chi connectivity index (χ3n) is 7.59. The number of esters is 1. The van der Waals surface area contributed by atoms with Crippen molar-refractivity contribution in [3.8, 4) is 21.9 Å². The first-order chi connectivity index (χ1) is 20.6. The topological polar surface area (TPSA) is 91.2 Å². The predicted octanol–water partition coefficient (Wildman–Crippen LogP) is 7.13. The molecule has 1 aliphatic carbocycles. The zero-order chi connectivity index (χ0) is 30.6. The van der Waals surface area contributed by atoms with E-state index in [1.54, 1.807) is 10.6 Å². The van der Waals surface area contributed by atoms with Crippen molar-refractivity contribution < 1.29 is 37.0 Å². The minimum atomic E-state index is -4.83. The van der Waals surface area contributed by atoms with Gasteiger partial charge in [0.15, 0.2) is 4.96 Å². The summed E-state index contributed by atoms with van der Waals surface area (Å²) < 4.78 is 53.9. The number of rotatable bonds is 10. The molecule has 5 rings (SSSR count). The molecule has 1 fully saturated rings. The van der Waals surface area contributed by atoms with Crippen LogP contribution in [0.25, 0.3) is 15.4 Å². The van der Waals surface area contributed by atoms with Gasteiger partial charge in [0.2, 0.25) is 0 Å². The molecule has 1 aliphatic rings. The number of fused-ring (bicyclic) bond motifs is 1. The van der Waals surface area contributed by atoms with Gasteiger partial charge in [0.05, 0.1) is 18.6 Å². The Morgan fingerprint density at radius 1 is 1.07 bits per heavy atom. The summed E-state index contributed by atoms with van der Waals surface area (Å²) in [7, 11) is 1.39. The fourth-order valence-electron chi connectivity index (χ4n) is 5.47. The van der Waals surface area contributed by atoms with Gasteiger partial charge in [0, 0.05) is 30.9 Å². The normalized spacial score (nSPS) is 17.0. The summed E-state index contributed by atoms with van der Waals surface area (Å²) in [4.78, 5) is 30.7. The van der Waals surface area contributed by atoms with Crippen molar-refractivity contribution in [1.29, 1.82) is 0 Å². The number of carbonyl (C=O) groups excluding carboxylic acids is 2. The van der Waals surface area contributed by atoms with Crippen LogP contribution in [0.1, 0.15) is 66.6 Å². The summed E-state index contributed by atoms with van der Waals surface area (Å²) in [6.45, 7) is 2.18. The van der Waals surface area contributed by atoms with Crippen LogP contribution in [0.2, 0.25) is 0 Å². The number of imidazole rings is 1. The molecular formula is C31H32F3N3O5S. The third kappa shape index (κ3) is 7.67. The monoisotopic (exact) mass is 615 g/mol. The van der Waals surface area contributed by atoms with Crippen LogP contribution in [0.15, 0.2) is 54.9 Å². The van der Waals surface area contributed by atoms with Gasteiger partial charge in [-0.1, -0.05) is 35.6 Å². The number of carbonyl (C=O) groups is 2. The Kier molecular flexibility index (Phi) is 9.24. The molecule has 2 aromatic carbocycles. The minimum absolute atomic E-state index is 0.0765. The Balaban J connectivity index is 1.18. The zero-order valence-corrected chi connectivity index (χ0v) is 24.6. The van der Waals surface area contributed by atoms with E-state index in [4.69, 9.17) is 9.47 Å². The second kappa shape index (κ2) is 13.1. The van der Waals surface area contributed by atoms with Gasteiger partial charge in [-0.05, 0) is 73.8 Å². The molecule has 1 saturated carbocycles. The fourth-order valence-corrected chi connectivity index (χ4v) is 6.44. The minimum Gasteiger partial charge on any atom is -0.496 e. The van der Waals surface area contributed by atoms with Crippen LogP contribution in [-0.4, -0.2) is 41.3 Å². The van der Waals surface area contributed by atoms with Crippen LogP contribution in [0.5, 0.6) is 11.5 Å². The van der Waals surface area contributed by atoms with E-state index < -0.39 is 18.0 Å². The first-order valence-electron chi connectivity index (χ1n) is 14.1. The molecule has 228 valence electrons. The number of alkyl halides is 3. The predicted molar refractivity (Wildman–Crippen MR) is 155 cm³/mol. The largest absolute Gasteiger partial charge is 0.573 e. The van der Waals surface area contributed by atoms with Crippen LogP contribution in [-0.2, 0) is 16.1 Å². The van der Waals surface area contributed by atoms with Crippen molar-refractivity contribution in [1.82, 2.24) is 14.7 Å². The van der Waals surface area contributed by atoms with Gasteiger partial charge in [-0.3, -0.25) is 14.0 Å². The average molecular weight is 616 g/mol. The molecule has 0 bridgehead atoms. The molecule has 4 aromatic rings. The van der Waals surface area contributed by atoms with E-state index in [9.17, 15) is 22.8 Å². The highest BCUT2D eigenvalue weighted by atomic mass is 32.1. The Morgan fingerprint density at radius 2 is 1.81 bits per heavy atom. The Hall–Kier alpha value is -4.06. The molecule has 43 heavy (non-hydrogen) atoms. The molecule has 0 saturated heterocycles. The summed E-state index contributed by atoms with van der Waals surface area (Å²) in [6, 6.07) is 12.2. The molecule has 0 atom stereocenters. The molecule has 2 aromatic heterocycles. The van der Waals surface area contributed by atoms with E-state index in [1.165, 1.54) is 36.1 Å². The lowest BCUT2D eigenvalue weighted by Crippen LogP contribution is -2.23. The smallest absolute Gasteiger partial charge is 0.496 e. The summed E-state index contributed by atoms with van der Waals surface area (Å²) in [5.41, 5.74) is 2.86. The highest BCUT2D eigenvalue weighted by molar-refractivity contribution is 7.20. The van der Waals surface area contributed by atoms with Gasteiger partial charge in [-0.15, -0.1) is 13.2 Å². The first-order valence-corrected chi connectivity index (χ1v) is 14.9. The highest BCUT2D eigenvalue weighted by Gasteiger charge is 2.31. The standard InChI is InChI=1S/C31H32F3N3O5S/c1-3-41-28(38)14-19-4-6-20(7-5-19)21-8-10-22(11-9-21)27-18-37-17-25(36-30(37)43-27)29(39)35-16-23-15-24(42-31(32,33)34)12-13-26(23)40-2/h8-13,15,17-20H,3-7,14,16H2,1-2H3,(H,35,39). The summed E-state index contributed by atoms with van der Waals surface area (Å²) in [5, 5.41) is 2.68. The fraction of sp³-hybridized carbons (Fsp3) is 0.387. The molecule has 0 aliphatic heterocycles. The number of hydrogen-bond acceptors (Lipinski definition) is 7. The van der Waals surface area contributed by atoms with Crippen molar-refractivity contribution in [3.05, 3.63) is 71.7 Å². The molecule has 0 radical (unpaired) electrons. The summed E-state index contributed by atoms with van der Waals surface area (Å²) in [6.07, 6.45) is 3.37. The van der Waals surface area contributed by atoms with Crippen LogP contribution >= 0.6 is 11.3 Å². The van der Waals surface area contributed by atoms with Crippen molar-refractivity contribution in [2.45, 2.75) is 57.9 Å². The van der Waals surface area contributed by atoms with Crippen molar-refractivity contribution >= 4 is 28.2 Å². The van der Waals surface area contributed by atoms with E-state index in [1.807, 2.05) is 13.1 Å². The van der Waals surface area contributed by atoms with Gasteiger partial charge in [-0.25, -0.2) is 4.98 Å². The number of ether oxygens (including phenoxy) is 3. The van der Waals surface area contributed by atoms with Crippen LogP contribution in [0.3, 0.4) is 0 Å². The first kappa shape index (κ1) is 30.4. The van der Waals surface area contributed by atoms with Gasteiger partial charge >= 0.3 is 12.3 Å². The van der Waals surface area contributed by atoms with Gasteiger partial charge in [-0.2, -0.15) is 0 Å². The van der Waals surface area contributed by atoms with E-state index in [0.717, 1.165) is 42.2 Å². The molecule has 2 heterocycles. The quantitative estimate of drug-likeness (QED) is 0.191. The van der Waals surface area contributed by atoms with Gasteiger partial charge < -0.3 is 19.5 Å². The van der Waals surface area contributed by atoms with E-state index in [-0.39, 0.29) is 18.2 Å². The van der Waals surface area contributed by atoms with Crippen molar-refractivity contribution in [2.24, 2.45) is 5.92 Å². The molecule has 0 spiro atoms. The maximum atomic E-state index is 12.8. The highest BCUT2D eigenvalue weighted by Crippen LogP contribution is 2.38. The molecule has 12 heteroatoms. The molecule has 1 N–H and O–H groups in total. The number of benzene rings is 2. The number of nitrogens with one attached hydrogen (secondary N) is 1. The number of aromatic nitrogens is 2.